The summed E-state index contributed by atoms with van der Waals surface area (Å²) in [5.74, 6) is -0.593. The molecule has 7 heteroatoms. The highest BCUT2D eigenvalue weighted by molar-refractivity contribution is 6.05. The van der Waals surface area contributed by atoms with Gasteiger partial charge in [0.1, 0.15) is 0 Å². The minimum atomic E-state index is -0.520. The van der Waals surface area contributed by atoms with Crippen LogP contribution in [0.1, 0.15) is 16.1 Å². The van der Waals surface area contributed by atoms with Crippen LogP contribution in [0.15, 0.2) is 28.9 Å². The molecule has 0 fully saturated rings. The normalized spacial score (nSPS) is 9.59. The fourth-order valence-electron chi connectivity index (χ4n) is 1.17. The summed E-state index contributed by atoms with van der Waals surface area (Å²) in [6.45, 7) is 0. The predicted octanol–water partition coefficient (Wildman–Crippen LogP) is 0.776. The summed E-state index contributed by atoms with van der Waals surface area (Å²) in [7, 11) is 0. The average Bonchev–Trinajstić information content (AvgIpc) is 2.76. The summed E-state index contributed by atoms with van der Waals surface area (Å²) in [5, 5.41) is 17.8. The first-order valence-electron chi connectivity index (χ1n) is 4.60. The molecule has 0 bridgehead atoms. The molecule has 2 aromatic rings. The van der Waals surface area contributed by atoms with Crippen molar-refractivity contribution >= 4 is 17.4 Å². The zero-order chi connectivity index (χ0) is 12.3. The van der Waals surface area contributed by atoms with Crippen LogP contribution < -0.4 is 11.1 Å². The van der Waals surface area contributed by atoms with Gasteiger partial charge in [-0.2, -0.15) is 5.26 Å². The molecule has 0 aliphatic carbocycles. The Hall–Kier alpha value is -2.88. The Balaban J connectivity index is 2.14. The van der Waals surface area contributed by atoms with Crippen molar-refractivity contribution in [2.24, 2.45) is 0 Å². The highest BCUT2D eigenvalue weighted by atomic mass is 16.6. The van der Waals surface area contributed by atoms with Crippen molar-refractivity contribution in [3.8, 4) is 6.07 Å². The molecule has 0 unspecified atom stereocenters. The molecule has 0 saturated heterocycles. The number of hydrogen-bond acceptors (Lipinski definition) is 6. The third kappa shape index (κ3) is 2.21. The molecule has 3 N–H and O–H groups in total. The number of carbonyl (C=O) groups excluding carboxylic acids is 1. The lowest BCUT2D eigenvalue weighted by Crippen LogP contribution is -2.14. The molecule has 7 nitrogen and oxygen atoms in total. The van der Waals surface area contributed by atoms with E-state index in [2.05, 4.69) is 20.3 Å². The number of nitrogens with two attached hydrogens (primary N) is 1. The third-order valence-corrected chi connectivity index (χ3v) is 2.00. The number of rotatable bonds is 2. The topological polar surface area (TPSA) is 118 Å². The van der Waals surface area contributed by atoms with E-state index < -0.39 is 5.91 Å². The predicted molar refractivity (Wildman–Crippen MR) is 57.8 cm³/mol. The molecule has 1 aromatic carbocycles. The maximum Gasteiger partial charge on any atom is 0.281 e. The quantitative estimate of drug-likeness (QED) is 0.785. The van der Waals surface area contributed by atoms with Crippen LogP contribution in [0.5, 0.6) is 0 Å². The van der Waals surface area contributed by atoms with E-state index in [1.165, 1.54) is 0 Å². The fourth-order valence-corrected chi connectivity index (χ4v) is 1.17. The van der Waals surface area contributed by atoms with E-state index in [4.69, 9.17) is 11.0 Å². The minimum absolute atomic E-state index is 0.0730. The second kappa shape index (κ2) is 4.32. The molecule has 0 radical (unpaired) electrons. The van der Waals surface area contributed by atoms with Gasteiger partial charge >= 0.3 is 0 Å². The number of nitrogens with zero attached hydrogens (tertiary/aromatic N) is 3. The summed E-state index contributed by atoms with van der Waals surface area (Å²) in [6, 6.07) is 8.34. The van der Waals surface area contributed by atoms with Crippen LogP contribution >= 0.6 is 0 Å². The molecule has 0 aliphatic rings. The Morgan fingerprint density at radius 2 is 2.06 bits per heavy atom. The van der Waals surface area contributed by atoms with E-state index in [9.17, 15) is 4.79 Å². The molecule has 17 heavy (non-hydrogen) atoms. The molecule has 1 aromatic heterocycles. The zero-order valence-corrected chi connectivity index (χ0v) is 8.54. The van der Waals surface area contributed by atoms with Crippen LogP contribution in [-0.2, 0) is 0 Å². The number of carbonyl (C=O) groups is 1. The van der Waals surface area contributed by atoms with Crippen molar-refractivity contribution in [1.82, 2.24) is 10.3 Å². The first-order chi connectivity index (χ1) is 8.20. The lowest BCUT2D eigenvalue weighted by atomic mass is 10.2. The monoisotopic (exact) mass is 229 g/mol. The van der Waals surface area contributed by atoms with Gasteiger partial charge in [0.2, 0.25) is 11.5 Å². The van der Waals surface area contributed by atoms with Gasteiger partial charge in [0, 0.05) is 5.69 Å². The van der Waals surface area contributed by atoms with E-state index in [1.54, 1.807) is 24.3 Å². The van der Waals surface area contributed by atoms with Crippen LogP contribution in [0.2, 0.25) is 0 Å². The average molecular weight is 229 g/mol. The van der Waals surface area contributed by atoms with Crippen LogP contribution in [0.25, 0.3) is 0 Å². The molecule has 0 saturated carbocycles. The summed E-state index contributed by atoms with van der Waals surface area (Å²) in [6.07, 6.45) is 0. The van der Waals surface area contributed by atoms with E-state index >= 15 is 0 Å². The van der Waals surface area contributed by atoms with Crippen molar-refractivity contribution in [3.05, 3.63) is 35.5 Å². The zero-order valence-electron chi connectivity index (χ0n) is 8.54. The number of hydrogen-bond donors (Lipinski definition) is 2. The van der Waals surface area contributed by atoms with Crippen LogP contribution in [0, 0.1) is 11.3 Å². The van der Waals surface area contributed by atoms with Crippen molar-refractivity contribution in [2.75, 3.05) is 11.1 Å². The van der Waals surface area contributed by atoms with Gasteiger partial charge in [-0.1, -0.05) is 0 Å². The fraction of sp³-hybridized carbons (Fsp3) is 0. The Bertz CT molecular complexity index is 581. The molecule has 1 heterocycles. The number of nitriles is 1. The molecular weight excluding hydrogens is 222 g/mol. The summed E-state index contributed by atoms with van der Waals surface area (Å²) < 4.78 is 4.31. The third-order valence-electron chi connectivity index (χ3n) is 2.00. The molecule has 84 valence electrons. The Labute approximate surface area is 95.8 Å². The minimum Gasteiger partial charge on any atom is -0.379 e. The lowest BCUT2D eigenvalue weighted by Gasteiger charge is -2.02. The maximum atomic E-state index is 11.6. The Kier molecular flexibility index (Phi) is 2.70. The van der Waals surface area contributed by atoms with Crippen LogP contribution in [0.3, 0.4) is 0 Å². The van der Waals surface area contributed by atoms with Crippen molar-refractivity contribution in [1.29, 1.82) is 5.26 Å². The highest BCUT2D eigenvalue weighted by Crippen LogP contribution is 2.12. The smallest absolute Gasteiger partial charge is 0.281 e. The molecule has 0 aliphatic heterocycles. The highest BCUT2D eigenvalue weighted by Gasteiger charge is 2.15. The Morgan fingerprint density at radius 3 is 2.59 bits per heavy atom. The number of amides is 1. The number of anilines is 2. The first-order valence-corrected chi connectivity index (χ1v) is 4.60. The van der Waals surface area contributed by atoms with E-state index in [0.29, 0.717) is 11.3 Å². The van der Waals surface area contributed by atoms with Gasteiger partial charge in [-0.3, -0.25) is 4.79 Å². The second-order valence-corrected chi connectivity index (χ2v) is 3.14. The van der Waals surface area contributed by atoms with E-state index in [0.717, 1.165) is 0 Å². The Morgan fingerprint density at radius 1 is 1.35 bits per heavy atom. The van der Waals surface area contributed by atoms with E-state index in [1.807, 2.05) is 6.07 Å². The number of aromatic nitrogens is 2. The molecule has 0 spiro atoms. The van der Waals surface area contributed by atoms with Crippen molar-refractivity contribution in [3.63, 3.8) is 0 Å². The number of nitrogen functional groups attached to an aromatic ring is 1. The lowest BCUT2D eigenvalue weighted by molar-refractivity contribution is 0.101. The van der Waals surface area contributed by atoms with Gasteiger partial charge in [-0.15, -0.1) is 0 Å². The number of nitrogens with one attached hydrogen (secondary N) is 1. The van der Waals surface area contributed by atoms with Gasteiger partial charge in [0.25, 0.3) is 5.91 Å². The van der Waals surface area contributed by atoms with Gasteiger partial charge in [-0.05, 0) is 34.6 Å². The van der Waals surface area contributed by atoms with Gasteiger partial charge in [-0.25, -0.2) is 4.63 Å². The standard InChI is InChI=1S/C10H7N5O2/c11-5-6-1-3-7(4-2-6)13-10(16)8-9(12)15-17-14-8/h1-4H,(H2,12,15)(H,13,16). The first kappa shape index (κ1) is 10.6. The molecular formula is C10H7N5O2. The van der Waals surface area contributed by atoms with Crippen molar-refractivity contribution in [2.45, 2.75) is 0 Å². The van der Waals surface area contributed by atoms with Gasteiger partial charge in [0.15, 0.2) is 0 Å². The largest absolute Gasteiger partial charge is 0.379 e. The molecule has 1 amide bonds. The van der Waals surface area contributed by atoms with Gasteiger partial charge in [0.05, 0.1) is 11.6 Å². The number of benzene rings is 1. The molecule has 2 rings (SSSR count). The summed E-state index contributed by atoms with van der Waals surface area (Å²) in [4.78, 5) is 11.6. The van der Waals surface area contributed by atoms with E-state index in [-0.39, 0.29) is 11.5 Å². The second-order valence-electron chi connectivity index (χ2n) is 3.14. The molecule has 0 atom stereocenters. The van der Waals surface area contributed by atoms with Crippen LogP contribution in [-0.4, -0.2) is 16.2 Å². The maximum absolute atomic E-state index is 11.6. The van der Waals surface area contributed by atoms with Crippen molar-refractivity contribution < 1.29 is 9.42 Å². The van der Waals surface area contributed by atoms with Gasteiger partial charge < -0.3 is 11.1 Å². The summed E-state index contributed by atoms with van der Waals surface area (Å²) in [5.41, 5.74) is 6.32. The van der Waals surface area contributed by atoms with Crippen LogP contribution in [0.4, 0.5) is 11.5 Å². The SMILES string of the molecule is N#Cc1ccc(NC(=O)c2nonc2N)cc1. The summed E-state index contributed by atoms with van der Waals surface area (Å²) >= 11 is 0.